The SMILES string of the molecule is CC(C)(C)OCC(O)COc1ccc(C2(c3ccc(OCC(O)COC=O)cc3)c3ccccc3-c3ccccc32)cc1.CC(CNCC(=O)C(C)(C)C)C(=O)O. The van der Waals surface area contributed by atoms with Crippen LogP contribution in [0.3, 0.4) is 0 Å². The number of rotatable bonds is 18. The van der Waals surface area contributed by atoms with Crippen LogP contribution in [0.4, 0.5) is 0 Å². The van der Waals surface area contributed by atoms with Crippen LogP contribution in [0.2, 0.25) is 0 Å². The number of Topliss-reactive ketones (excluding diaryl/α,β-unsaturated/α-hetero) is 1. The van der Waals surface area contributed by atoms with Crippen molar-refractivity contribution in [1.82, 2.24) is 5.32 Å². The van der Waals surface area contributed by atoms with E-state index < -0.39 is 29.5 Å². The van der Waals surface area contributed by atoms with Gasteiger partial charge in [0.1, 0.15) is 43.5 Å². The summed E-state index contributed by atoms with van der Waals surface area (Å²) in [7, 11) is 0. The molecule has 4 aromatic rings. The number of carbonyl (C=O) groups excluding carboxylic acids is 2. The molecule has 0 heterocycles. The smallest absolute Gasteiger partial charge is 0.307 e. The molecule has 4 N–H and O–H groups in total. The van der Waals surface area contributed by atoms with E-state index in [1.54, 1.807) is 6.92 Å². The van der Waals surface area contributed by atoms with Crippen molar-refractivity contribution in [1.29, 1.82) is 0 Å². The summed E-state index contributed by atoms with van der Waals surface area (Å²) in [5.74, 6) is 0.0501. The number of ether oxygens (including phenoxy) is 4. The quantitative estimate of drug-likeness (QED) is 0.0726. The molecule has 4 aromatic carbocycles. The van der Waals surface area contributed by atoms with Crippen molar-refractivity contribution in [2.75, 3.05) is 39.5 Å². The number of hydrogen-bond acceptors (Lipinski definition) is 10. The van der Waals surface area contributed by atoms with Crippen LogP contribution in [0.15, 0.2) is 97.1 Å². The second-order valence-electron chi connectivity index (χ2n) is 16.2. The fourth-order valence-corrected chi connectivity index (χ4v) is 6.36. The predicted octanol–water partition coefficient (Wildman–Crippen LogP) is 6.43. The first-order valence-corrected chi connectivity index (χ1v) is 19.2. The summed E-state index contributed by atoms with van der Waals surface area (Å²) >= 11 is 0. The molecule has 1 aliphatic rings. The summed E-state index contributed by atoms with van der Waals surface area (Å²) in [5.41, 5.74) is 5.56. The van der Waals surface area contributed by atoms with Crippen molar-refractivity contribution in [2.24, 2.45) is 11.3 Å². The number of ketones is 1. The van der Waals surface area contributed by atoms with E-state index in [4.69, 9.17) is 19.3 Å². The van der Waals surface area contributed by atoms with Gasteiger partial charge in [-0.15, -0.1) is 0 Å². The maximum absolute atomic E-state index is 11.4. The van der Waals surface area contributed by atoms with Gasteiger partial charge in [-0.3, -0.25) is 14.4 Å². The summed E-state index contributed by atoms with van der Waals surface area (Å²) in [4.78, 5) is 32.3. The van der Waals surface area contributed by atoms with Gasteiger partial charge in [-0.1, -0.05) is 100 Å². The Labute approximate surface area is 336 Å². The highest BCUT2D eigenvalue weighted by Crippen LogP contribution is 2.56. The predicted molar refractivity (Wildman–Crippen MR) is 219 cm³/mol. The van der Waals surface area contributed by atoms with Crippen molar-refractivity contribution in [2.45, 2.75) is 71.7 Å². The molecule has 1 aliphatic carbocycles. The van der Waals surface area contributed by atoms with Gasteiger partial charge in [0.2, 0.25) is 0 Å². The normalized spacial score (nSPS) is 14.5. The first-order chi connectivity index (χ1) is 27.0. The number of fused-ring (bicyclic) bond motifs is 3. The van der Waals surface area contributed by atoms with Crippen molar-refractivity contribution in [3.8, 4) is 22.6 Å². The van der Waals surface area contributed by atoms with E-state index in [0.29, 0.717) is 24.5 Å². The van der Waals surface area contributed by atoms with Crippen molar-refractivity contribution >= 4 is 18.2 Å². The number of carboxylic acids is 1. The molecule has 0 saturated carbocycles. The molecule has 0 aromatic heterocycles. The lowest BCUT2D eigenvalue weighted by Crippen LogP contribution is -2.35. The van der Waals surface area contributed by atoms with Crippen LogP contribution in [-0.2, 0) is 29.3 Å². The number of nitrogens with one attached hydrogen (secondary N) is 1. The van der Waals surface area contributed by atoms with E-state index in [9.17, 15) is 24.6 Å². The van der Waals surface area contributed by atoms with Crippen LogP contribution in [0.1, 0.15) is 70.7 Å². The Balaban J connectivity index is 0.000000439. The van der Waals surface area contributed by atoms with Gasteiger partial charge in [-0.25, -0.2) is 0 Å². The van der Waals surface area contributed by atoms with Crippen LogP contribution < -0.4 is 14.8 Å². The number of hydrogen-bond donors (Lipinski definition) is 4. The molecule has 0 radical (unpaired) electrons. The van der Waals surface area contributed by atoms with Crippen molar-refractivity contribution < 1.29 is 48.7 Å². The Hall–Kier alpha value is -5.07. The lowest BCUT2D eigenvalue weighted by atomic mass is 9.68. The van der Waals surface area contributed by atoms with Crippen molar-refractivity contribution in [3.63, 3.8) is 0 Å². The van der Waals surface area contributed by atoms with E-state index in [1.165, 1.54) is 22.3 Å². The number of carbonyl (C=O) groups is 3. The average Bonchev–Trinajstić information content (AvgIpc) is 3.48. The number of aliphatic carboxylic acids is 1. The first kappa shape index (κ1) is 44.6. The monoisotopic (exact) mass is 783 g/mol. The van der Waals surface area contributed by atoms with Crippen LogP contribution >= 0.6 is 0 Å². The topological polar surface area (TPSA) is 161 Å². The lowest BCUT2D eigenvalue weighted by Gasteiger charge is -2.34. The van der Waals surface area contributed by atoms with Gasteiger partial charge in [0.25, 0.3) is 6.47 Å². The van der Waals surface area contributed by atoms with E-state index in [2.05, 4.69) is 82.9 Å². The third-order valence-corrected chi connectivity index (χ3v) is 9.47. The molecule has 57 heavy (non-hydrogen) atoms. The number of aliphatic hydroxyl groups is 2. The highest BCUT2D eigenvalue weighted by Gasteiger charge is 2.45. The van der Waals surface area contributed by atoms with Crippen LogP contribution in [-0.4, -0.2) is 90.9 Å². The summed E-state index contributed by atoms with van der Waals surface area (Å²) in [6.07, 6.45) is -1.66. The molecule has 0 aliphatic heterocycles. The van der Waals surface area contributed by atoms with Gasteiger partial charge in [-0.2, -0.15) is 0 Å². The molecule has 3 atom stereocenters. The molecule has 11 heteroatoms. The first-order valence-electron chi connectivity index (χ1n) is 19.2. The maximum Gasteiger partial charge on any atom is 0.307 e. The molecule has 0 bridgehead atoms. The Morgan fingerprint density at radius 3 is 1.58 bits per heavy atom. The van der Waals surface area contributed by atoms with Crippen molar-refractivity contribution in [3.05, 3.63) is 119 Å². The van der Waals surface area contributed by atoms with Gasteiger partial charge < -0.3 is 39.6 Å². The summed E-state index contributed by atoms with van der Waals surface area (Å²) in [6, 6.07) is 32.9. The highest BCUT2D eigenvalue weighted by atomic mass is 16.5. The second kappa shape index (κ2) is 19.9. The lowest BCUT2D eigenvalue weighted by molar-refractivity contribution is -0.141. The zero-order valence-electron chi connectivity index (χ0n) is 34.0. The second-order valence-corrected chi connectivity index (χ2v) is 16.2. The molecule has 0 saturated heterocycles. The van der Waals surface area contributed by atoms with Gasteiger partial charge >= 0.3 is 5.97 Å². The molecule has 306 valence electrons. The molecule has 0 spiro atoms. The standard InChI is InChI=1S/C36H38O7.C10H19NO3/c1-35(2,3)43-23-28(39)22-42-30-18-14-26(15-19-30)36(25-12-16-29(17-13-25)41-21-27(38)20-40-24-37)33-10-6-4-8-31(33)32-9-5-7-11-34(32)36;1-7(9(13)14)5-11-6-8(12)10(2,3)4/h4-19,24,27-28,38-39H,20-23H2,1-3H3;7,11H,5-6H2,1-4H3,(H,13,14). The minimum atomic E-state index is -0.919. The average molecular weight is 784 g/mol. The number of carboxylic acid groups (broad SMARTS) is 1. The Morgan fingerprint density at radius 1 is 0.702 bits per heavy atom. The molecule has 0 amide bonds. The minimum Gasteiger partial charge on any atom is -0.491 e. The number of benzene rings is 4. The molecular formula is C46H57NO10. The largest absolute Gasteiger partial charge is 0.491 e. The number of aliphatic hydroxyl groups excluding tert-OH is 2. The van der Waals surface area contributed by atoms with Crippen LogP contribution in [0.25, 0.3) is 11.1 Å². The molecular weight excluding hydrogens is 727 g/mol. The highest BCUT2D eigenvalue weighted by molar-refractivity contribution is 5.86. The fourth-order valence-electron chi connectivity index (χ4n) is 6.36. The Kier molecular flexibility index (Phi) is 15.6. The van der Waals surface area contributed by atoms with E-state index in [0.717, 1.165) is 11.1 Å². The zero-order valence-corrected chi connectivity index (χ0v) is 34.0. The third kappa shape index (κ3) is 12.0. The Bertz CT molecular complexity index is 1870. The van der Waals surface area contributed by atoms with E-state index in [-0.39, 0.29) is 49.8 Å². The fraction of sp³-hybridized carbons (Fsp3) is 0.413. The third-order valence-electron chi connectivity index (χ3n) is 9.47. The van der Waals surface area contributed by atoms with Gasteiger partial charge in [0, 0.05) is 12.0 Å². The molecule has 0 fully saturated rings. The van der Waals surface area contributed by atoms with Crippen LogP contribution in [0.5, 0.6) is 11.5 Å². The van der Waals surface area contributed by atoms with Gasteiger partial charge in [-0.05, 0) is 78.4 Å². The van der Waals surface area contributed by atoms with Crippen LogP contribution in [0, 0.1) is 11.3 Å². The zero-order chi connectivity index (χ0) is 41.8. The Morgan fingerprint density at radius 2 is 1.16 bits per heavy atom. The van der Waals surface area contributed by atoms with Gasteiger partial charge in [0.05, 0.1) is 30.1 Å². The summed E-state index contributed by atoms with van der Waals surface area (Å²) in [5, 5.41) is 31.8. The maximum atomic E-state index is 11.4. The van der Waals surface area contributed by atoms with E-state index >= 15 is 0 Å². The molecule has 11 nitrogen and oxygen atoms in total. The summed E-state index contributed by atoms with van der Waals surface area (Å²) in [6.45, 7) is 14.1. The van der Waals surface area contributed by atoms with E-state index in [1.807, 2.05) is 65.8 Å². The molecule has 5 rings (SSSR count). The minimum absolute atomic E-state index is 0.00247. The van der Waals surface area contributed by atoms with Gasteiger partial charge in [0.15, 0.2) is 5.78 Å². The molecule has 3 unspecified atom stereocenters. The summed E-state index contributed by atoms with van der Waals surface area (Å²) < 4.78 is 22.0.